The lowest BCUT2D eigenvalue weighted by molar-refractivity contribution is 0.283. The SMILES string of the molecule is Cc1cc2c(CO)cc(Cl)cc2o1. The first-order valence-corrected chi connectivity index (χ1v) is 4.38. The molecular formula is C10H9ClO2. The lowest BCUT2D eigenvalue weighted by atomic mass is 10.1. The molecule has 0 saturated heterocycles. The van der Waals surface area contributed by atoms with Crippen molar-refractivity contribution in [2.45, 2.75) is 13.5 Å². The van der Waals surface area contributed by atoms with E-state index in [0.717, 1.165) is 22.3 Å². The maximum atomic E-state index is 9.07. The van der Waals surface area contributed by atoms with E-state index >= 15 is 0 Å². The molecule has 0 bridgehead atoms. The lowest BCUT2D eigenvalue weighted by Gasteiger charge is -1.98. The molecule has 1 heterocycles. The van der Waals surface area contributed by atoms with Crippen molar-refractivity contribution in [2.24, 2.45) is 0 Å². The summed E-state index contributed by atoms with van der Waals surface area (Å²) >= 11 is 5.84. The number of benzene rings is 1. The minimum Gasteiger partial charge on any atom is -0.461 e. The van der Waals surface area contributed by atoms with E-state index < -0.39 is 0 Å². The van der Waals surface area contributed by atoms with Crippen molar-refractivity contribution in [1.82, 2.24) is 0 Å². The molecule has 2 aromatic rings. The summed E-state index contributed by atoms with van der Waals surface area (Å²) < 4.78 is 5.40. The molecule has 0 aliphatic carbocycles. The van der Waals surface area contributed by atoms with Crippen LogP contribution in [0.5, 0.6) is 0 Å². The van der Waals surface area contributed by atoms with Gasteiger partial charge in [-0.1, -0.05) is 11.6 Å². The molecular weight excluding hydrogens is 188 g/mol. The molecule has 0 radical (unpaired) electrons. The Morgan fingerprint density at radius 1 is 1.38 bits per heavy atom. The Kier molecular flexibility index (Phi) is 2.02. The van der Waals surface area contributed by atoms with Gasteiger partial charge in [-0.2, -0.15) is 0 Å². The minimum absolute atomic E-state index is 0.0178. The summed E-state index contributed by atoms with van der Waals surface area (Å²) in [5, 5.41) is 10.6. The van der Waals surface area contributed by atoms with Crippen molar-refractivity contribution in [2.75, 3.05) is 0 Å². The smallest absolute Gasteiger partial charge is 0.136 e. The number of hydrogen-bond donors (Lipinski definition) is 1. The monoisotopic (exact) mass is 196 g/mol. The summed E-state index contributed by atoms with van der Waals surface area (Å²) in [5.41, 5.74) is 1.54. The van der Waals surface area contributed by atoms with Gasteiger partial charge in [0.15, 0.2) is 0 Å². The van der Waals surface area contributed by atoms with Crippen molar-refractivity contribution < 1.29 is 9.52 Å². The van der Waals surface area contributed by atoms with Gasteiger partial charge in [-0.25, -0.2) is 0 Å². The summed E-state index contributed by atoms with van der Waals surface area (Å²) in [5.74, 6) is 0.826. The van der Waals surface area contributed by atoms with Crippen molar-refractivity contribution in [3.63, 3.8) is 0 Å². The van der Waals surface area contributed by atoms with Gasteiger partial charge in [0, 0.05) is 16.5 Å². The number of halogens is 1. The third kappa shape index (κ3) is 1.43. The zero-order valence-electron chi connectivity index (χ0n) is 7.17. The fourth-order valence-corrected chi connectivity index (χ4v) is 1.66. The Labute approximate surface area is 80.7 Å². The fourth-order valence-electron chi connectivity index (χ4n) is 1.43. The van der Waals surface area contributed by atoms with E-state index in [2.05, 4.69) is 0 Å². The highest BCUT2D eigenvalue weighted by atomic mass is 35.5. The van der Waals surface area contributed by atoms with Crippen LogP contribution in [-0.2, 0) is 6.61 Å². The van der Waals surface area contributed by atoms with Gasteiger partial charge in [0.25, 0.3) is 0 Å². The van der Waals surface area contributed by atoms with Crippen LogP contribution in [0.3, 0.4) is 0 Å². The summed E-state index contributed by atoms with van der Waals surface area (Å²) in [6, 6.07) is 5.40. The van der Waals surface area contributed by atoms with Crippen molar-refractivity contribution in [3.8, 4) is 0 Å². The molecule has 2 rings (SSSR count). The first-order valence-electron chi connectivity index (χ1n) is 4.00. The predicted molar refractivity (Wildman–Crippen MR) is 51.9 cm³/mol. The van der Waals surface area contributed by atoms with Crippen molar-refractivity contribution >= 4 is 22.6 Å². The largest absolute Gasteiger partial charge is 0.461 e. The molecule has 0 fully saturated rings. The molecule has 3 heteroatoms. The quantitative estimate of drug-likeness (QED) is 0.761. The van der Waals surface area contributed by atoms with Gasteiger partial charge in [-0.15, -0.1) is 0 Å². The number of hydrogen-bond acceptors (Lipinski definition) is 2. The van der Waals surface area contributed by atoms with Gasteiger partial charge >= 0.3 is 0 Å². The van der Waals surface area contributed by atoms with E-state index in [-0.39, 0.29) is 6.61 Å². The molecule has 68 valence electrons. The van der Waals surface area contributed by atoms with Crippen LogP contribution in [-0.4, -0.2) is 5.11 Å². The zero-order valence-corrected chi connectivity index (χ0v) is 7.93. The highest BCUT2D eigenvalue weighted by molar-refractivity contribution is 6.31. The van der Waals surface area contributed by atoms with Gasteiger partial charge in [-0.05, 0) is 24.6 Å². The standard InChI is InChI=1S/C10H9ClO2/c1-6-2-9-7(5-12)3-8(11)4-10(9)13-6/h2-4,12H,5H2,1H3. The normalized spacial score (nSPS) is 11.0. The number of fused-ring (bicyclic) bond motifs is 1. The molecule has 0 unspecified atom stereocenters. The fraction of sp³-hybridized carbons (Fsp3) is 0.200. The predicted octanol–water partition coefficient (Wildman–Crippen LogP) is 2.89. The molecule has 0 aliphatic rings. The number of aliphatic hydroxyl groups excluding tert-OH is 1. The maximum Gasteiger partial charge on any atom is 0.136 e. The van der Waals surface area contributed by atoms with Gasteiger partial charge in [0.2, 0.25) is 0 Å². The second-order valence-corrected chi connectivity index (χ2v) is 3.43. The third-order valence-corrected chi connectivity index (χ3v) is 2.20. The van der Waals surface area contributed by atoms with Gasteiger partial charge in [0.1, 0.15) is 11.3 Å². The second-order valence-electron chi connectivity index (χ2n) is 2.99. The molecule has 1 N–H and O–H groups in total. The van der Waals surface area contributed by atoms with Gasteiger partial charge in [0.05, 0.1) is 6.61 Å². The van der Waals surface area contributed by atoms with Gasteiger partial charge in [-0.3, -0.25) is 0 Å². The summed E-state index contributed by atoms with van der Waals surface area (Å²) in [7, 11) is 0. The Morgan fingerprint density at radius 2 is 2.15 bits per heavy atom. The average molecular weight is 197 g/mol. The third-order valence-electron chi connectivity index (χ3n) is 1.98. The molecule has 13 heavy (non-hydrogen) atoms. The minimum atomic E-state index is -0.0178. The summed E-state index contributed by atoms with van der Waals surface area (Å²) in [6.45, 7) is 1.85. The molecule has 0 spiro atoms. The molecule has 0 atom stereocenters. The van der Waals surface area contributed by atoms with E-state index in [1.165, 1.54) is 0 Å². The molecule has 0 amide bonds. The van der Waals surface area contributed by atoms with Crippen molar-refractivity contribution in [3.05, 3.63) is 34.5 Å². The molecule has 2 nitrogen and oxygen atoms in total. The van der Waals surface area contributed by atoms with Crippen LogP contribution in [0.1, 0.15) is 11.3 Å². The van der Waals surface area contributed by atoms with Crippen LogP contribution >= 0.6 is 11.6 Å². The van der Waals surface area contributed by atoms with Gasteiger partial charge < -0.3 is 9.52 Å². The average Bonchev–Trinajstić information content (AvgIpc) is 2.43. The highest BCUT2D eigenvalue weighted by Gasteiger charge is 2.06. The zero-order chi connectivity index (χ0) is 9.42. The van der Waals surface area contributed by atoms with Crippen LogP contribution < -0.4 is 0 Å². The Bertz CT molecular complexity index is 445. The number of aryl methyl sites for hydroxylation is 1. The summed E-state index contributed by atoms with van der Waals surface area (Å²) in [4.78, 5) is 0. The first kappa shape index (κ1) is 8.60. The second kappa shape index (κ2) is 3.05. The van der Waals surface area contributed by atoms with E-state index in [1.807, 2.05) is 13.0 Å². The number of aliphatic hydroxyl groups is 1. The number of furan rings is 1. The lowest BCUT2D eigenvalue weighted by Crippen LogP contribution is -1.83. The van der Waals surface area contributed by atoms with Crippen LogP contribution in [0, 0.1) is 6.92 Å². The van der Waals surface area contributed by atoms with Crippen LogP contribution in [0.4, 0.5) is 0 Å². The van der Waals surface area contributed by atoms with Crippen LogP contribution in [0.15, 0.2) is 22.6 Å². The Morgan fingerprint density at radius 3 is 2.85 bits per heavy atom. The van der Waals surface area contributed by atoms with Crippen LogP contribution in [0.2, 0.25) is 5.02 Å². The van der Waals surface area contributed by atoms with Crippen LogP contribution in [0.25, 0.3) is 11.0 Å². The maximum absolute atomic E-state index is 9.07. The van der Waals surface area contributed by atoms with Crippen molar-refractivity contribution in [1.29, 1.82) is 0 Å². The topological polar surface area (TPSA) is 33.4 Å². The molecule has 0 saturated carbocycles. The van der Waals surface area contributed by atoms with E-state index in [4.69, 9.17) is 21.1 Å². The first-order chi connectivity index (χ1) is 6.20. The van der Waals surface area contributed by atoms with E-state index in [0.29, 0.717) is 5.02 Å². The number of rotatable bonds is 1. The Balaban J connectivity index is 2.80. The summed E-state index contributed by atoms with van der Waals surface area (Å²) in [6.07, 6.45) is 0. The molecule has 1 aromatic heterocycles. The highest BCUT2D eigenvalue weighted by Crippen LogP contribution is 2.26. The molecule has 1 aromatic carbocycles. The van der Waals surface area contributed by atoms with E-state index in [1.54, 1.807) is 12.1 Å². The Hall–Kier alpha value is -0.990. The molecule has 0 aliphatic heterocycles. The van der Waals surface area contributed by atoms with E-state index in [9.17, 15) is 0 Å².